The van der Waals surface area contributed by atoms with Crippen LogP contribution >= 0.6 is 0 Å². The average molecular weight is 307 g/mol. The number of hydrogen-bond acceptors (Lipinski definition) is 3. The van der Waals surface area contributed by atoms with Crippen molar-refractivity contribution >= 4 is 5.82 Å². The van der Waals surface area contributed by atoms with E-state index in [2.05, 4.69) is 51.6 Å². The van der Waals surface area contributed by atoms with Gasteiger partial charge in [0.05, 0.1) is 0 Å². The predicted octanol–water partition coefficient (Wildman–Crippen LogP) is 3.50. The number of aryl methyl sites for hydroxylation is 1. The van der Waals surface area contributed by atoms with E-state index >= 15 is 0 Å². The molecule has 1 N–H and O–H groups in total. The summed E-state index contributed by atoms with van der Waals surface area (Å²) in [5, 5.41) is 3.68. The Labute approximate surface area is 138 Å². The second-order valence-corrected chi connectivity index (χ2v) is 6.75. The van der Waals surface area contributed by atoms with Gasteiger partial charge in [0.25, 0.3) is 0 Å². The van der Waals surface area contributed by atoms with E-state index in [9.17, 15) is 0 Å². The lowest BCUT2D eigenvalue weighted by Gasteiger charge is -2.20. The van der Waals surface area contributed by atoms with Gasteiger partial charge in [0.1, 0.15) is 5.82 Å². The summed E-state index contributed by atoms with van der Waals surface area (Å²) in [7, 11) is 0. The molecule has 1 aromatic carbocycles. The van der Waals surface area contributed by atoms with E-state index in [1.54, 1.807) is 11.1 Å². The summed E-state index contributed by atoms with van der Waals surface area (Å²) in [6, 6.07) is 13.2. The molecular weight excluding hydrogens is 282 g/mol. The molecular formula is C20H25N3. The molecule has 1 aliphatic carbocycles. The number of anilines is 1. The molecule has 0 bridgehead atoms. The Morgan fingerprint density at radius 3 is 2.87 bits per heavy atom. The van der Waals surface area contributed by atoms with E-state index in [4.69, 9.17) is 0 Å². The number of rotatable bonds is 5. The maximum atomic E-state index is 4.63. The zero-order valence-electron chi connectivity index (χ0n) is 13.7. The molecule has 0 spiro atoms. The fourth-order valence-corrected chi connectivity index (χ4v) is 4.02. The van der Waals surface area contributed by atoms with Crippen LogP contribution in [-0.2, 0) is 13.0 Å². The zero-order chi connectivity index (χ0) is 15.5. The van der Waals surface area contributed by atoms with Crippen LogP contribution in [0.5, 0.6) is 0 Å². The van der Waals surface area contributed by atoms with Gasteiger partial charge in [-0.2, -0.15) is 0 Å². The number of benzene rings is 1. The van der Waals surface area contributed by atoms with Crippen LogP contribution in [0, 0.1) is 0 Å². The van der Waals surface area contributed by atoms with E-state index < -0.39 is 0 Å². The van der Waals surface area contributed by atoms with Gasteiger partial charge in [-0.25, -0.2) is 4.98 Å². The molecule has 23 heavy (non-hydrogen) atoms. The Kier molecular flexibility index (Phi) is 4.29. The van der Waals surface area contributed by atoms with Gasteiger partial charge in [-0.3, -0.25) is 0 Å². The predicted molar refractivity (Wildman–Crippen MR) is 94.9 cm³/mol. The van der Waals surface area contributed by atoms with Gasteiger partial charge in [-0.15, -0.1) is 0 Å². The normalized spacial score (nSPS) is 20.0. The second kappa shape index (κ2) is 6.71. The number of fused-ring (bicyclic) bond motifs is 1. The first-order valence-electron chi connectivity index (χ1n) is 8.89. The lowest BCUT2D eigenvalue weighted by molar-refractivity contribution is 0.578. The third kappa shape index (κ3) is 3.11. The molecule has 1 saturated heterocycles. The van der Waals surface area contributed by atoms with E-state index in [0.717, 1.165) is 26.2 Å². The van der Waals surface area contributed by atoms with Gasteiger partial charge >= 0.3 is 0 Å². The SMILES string of the molecule is c1ccc2c(c1)CCC2CNCc1cccnc1N1CCCC1. The van der Waals surface area contributed by atoms with Crippen LogP contribution in [0.2, 0.25) is 0 Å². The van der Waals surface area contributed by atoms with Crippen LogP contribution in [0.3, 0.4) is 0 Å². The molecule has 1 aromatic heterocycles. The zero-order valence-corrected chi connectivity index (χ0v) is 13.7. The minimum absolute atomic E-state index is 0.665. The molecule has 1 unspecified atom stereocenters. The highest BCUT2D eigenvalue weighted by Crippen LogP contribution is 2.32. The molecule has 2 heterocycles. The molecule has 3 heteroatoms. The largest absolute Gasteiger partial charge is 0.356 e. The standard InChI is InChI=1S/C20H25N3/c1-2-8-19-16(6-1)9-10-17(19)14-21-15-18-7-5-11-22-20(18)23-12-3-4-13-23/h1-2,5-8,11,17,21H,3-4,9-10,12-15H2. The first kappa shape index (κ1) is 14.7. The molecule has 2 aromatic rings. The van der Waals surface area contributed by atoms with Crippen molar-refractivity contribution in [3.8, 4) is 0 Å². The summed E-state index contributed by atoms with van der Waals surface area (Å²) >= 11 is 0. The van der Waals surface area contributed by atoms with Crippen LogP contribution < -0.4 is 10.2 Å². The summed E-state index contributed by atoms with van der Waals surface area (Å²) in [6.07, 6.45) is 7.02. The Morgan fingerprint density at radius 1 is 1.09 bits per heavy atom. The Hall–Kier alpha value is -1.87. The van der Waals surface area contributed by atoms with Crippen molar-refractivity contribution in [3.63, 3.8) is 0 Å². The molecule has 120 valence electrons. The molecule has 0 saturated carbocycles. The minimum atomic E-state index is 0.665. The summed E-state index contributed by atoms with van der Waals surface area (Å²) in [4.78, 5) is 7.07. The number of pyridine rings is 1. The van der Waals surface area contributed by atoms with Gasteiger partial charge < -0.3 is 10.2 Å². The van der Waals surface area contributed by atoms with Crippen LogP contribution in [0.1, 0.15) is 41.9 Å². The summed E-state index contributed by atoms with van der Waals surface area (Å²) < 4.78 is 0. The van der Waals surface area contributed by atoms with E-state index in [1.165, 1.54) is 37.1 Å². The molecule has 0 amide bonds. The Morgan fingerprint density at radius 2 is 1.96 bits per heavy atom. The highest BCUT2D eigenvalue weighted by molar-refractivity contribution is 5.47. The van der Waals surface area contributed by atoms with Crippen LogP contribution in [-0.4, -0.2) is 24.6 Å². The van der Waals surface area contributed by atoms with Crippen LogP contribution in [0.25, 0.3) is 0 Å². The second-order valence-electron chi connectivity index (χ2n) is 6.75. The van der Waals surface area contributed by atoms with E-state index in [-0.39, 0.29) is 0 Å². The third-order valence-electron chi connectivity index (χ3n) is 5.24. The lowest BCUT2D eigenvalue weighted by atomic mass is 10.0. The molecule has 1 fully saturated rings. The lowest BCUT2D eigenvalue weighted by Crippen LogP contribution is -2.24. The highest BCUT2D eigenvalue weighted by Gasteiger charge is 2.22. The molecule has 1 aliphatic heterocycles. The van der Waals surface area contributed by atoms with E-state index in [1.807, 2.05) is 6.20 Å². The minimum Gasteiger partial charge on any atom is -0.356 e. The van der Waals surface area contributed by atoms with Gasteiger partial charge in [0.2, 0.25) is 0 Å². The first-order chi connectivity index (χ1) is 11.4. The topological polar surface area (TPSA) is 28.2 Å². The number of nitrogens with one attached hydrogen (secondary N) is 1. The number of aromatic nitrogens is 1. The summed E-state index contributed by atoms with van der Waals surface area (Å²) in [6.45, 7) is 4.28. The molecule has 4 rings (SSSR count). The molecule has 1 atom stereocenters. The van der Waals surface area contributed by atoms with Crippen LogP contribution in [0.4, 0.5) is 5.82 Å². The number of nitrogens with zero attached hydrogens (tertiary/aromatic N) is 2. The van der Waals surface area contributed by atoms with Crippen molar-refractivity contribution < 1.29 is 0 Å². The first-order valence-corrected chi connectivity index (χ1v) is 8.89. The molecule has 2 aliphatic rings. The van der Waals surface area contributed by atoms with Gasteiger partial charge in [-0.05, 0) is 48.8 Å². The van der Waals surface area contributed by atoms with Crippen molar-refractivity contribution in [1.82, 2.24) is 10.3 Å². The van der Waals surface area contributed by atoms with Gasteiger partial charge in [0, 0.05) is 37.9 Å². The summed E-state index contributed by atoms with van der Waals surface area (Å²) in [5.41, 5.74) is 4.42. The van der Waals surface area contributed by atoms with Crippen molar-refractivity contribution in [2.24, 2.45) is 0 Å². The van der Waals surface area contributed by atoms with Gasteiger partial charge in [0.15, 0.2) is 0 Å². The Balaban J connectivity index is 1.39. The maximum absolute atomic E-state index is 4.63. The number of hydrogen-bond donors (Lipinski definition) is 1. The van der Waals surface area contributed by atoms with Crippen molar-refractivity contribution in [2.75, 3.05) is 24.5 Å². The average Bonchev–Trinajstić information content (AvgIpc) is 3.26. The van der Waals surface area contributed by atoms with E-state index in [0.29, 0.717) is 5.92 Å². The van der Waals surface area contributed by atoms with Crippen LogP contribution in [0.15, 0.2) is 42.6 Å². The monoisotopic (exact) mass is 307 g/mol. The maximum Gasteiger partial charge on any atom is 0.133 e. The molecule has 0 radical (unpaired) electrons. The highest BCUT2D eigenvalue weighted by atomic mass is 15.2. The third-order valence-corrected chi connectivity index (χ3v) is 5.24. The summed E-state index contributed by atoms with van der Waals surface area (Å²) in [5.74, 6) is 1.85. The molecule has 3 nitrogen and oxygen atoms in total. The quantitative estimate of drug-likeness (QED) is 0.916. The van der Waals surface area contributed by atoms with Crippen molar-refractivity contribution in [1.29, 1.82) is 0 Å². The van der Waals surface area contributed by atoms with Crippen molar-refractivity contribution in [3.05, 3.63) is 59.3 Å². The Bertz CT molecular complexity index is 661. The fraction of sp³-hybridized carbons (Fsp3) is 0.450. The van der Waals surface area contributed by atoms with Gasteiger partial charge in [-0.1, -0.05) is 30.3 Å². The smallest absolute Gasteiger partial charge is 0.133 e. The fourth-order valence-electron chi connectivity index (χ4n) is 4.02. The van der Waals surface area contributed by atoms with Crippen molar-refractivity contribution in [2.45, 2.75) is 38.1 Å².